The predicted octanol–water partition coefficient (Wildman–Crippen LogP) is 3.72. The first-order valence-electron chi connectivity index (χ1n) is 5.27. The van der Waals surface area contributed by atoms with Crippen LogP contribution >= 0.6 is 11.6 Å². The number of carbonyl (C=O) groups is 1. The molecular weight excluding hydrogens is 255 g/mol. The van der Waals surface area contributed by atoms with Gasteiger partial charge in [-0.05, 0) is 24.3 Å². The Kier molecular flexibility index (Phi) is 3.63. The molecule has 2 nitrogen and oxygen atoms in total. The van der Waals surface area contributed by atoms with Gasteiger partial charge in [0.25, 0.3) is 0 Å². The van der Waals surface area contributed by atoms with Crippen molar-refractivity contribution in [2.75, 3.05) is 7.11 Å². The summed E-state index contributed by atoms with van der Waals surface area (Å²) in [7, 11) is 1.47. The Balaban J connectivity index is 2.52. The molecule has 0 atom stereocenters. The Labute approximate surface area is 109 Å². The summed E-state index contributed by atoms with van der Waals surface area (Å²) in [6, 6.07) is 10.9. The minimum atomic E-state index is -0.614. The first-order chi connectivity index (χ1) is 8.65. The van der Waals surface area contributed by atoms with Crippen molar-refractivity contribution in [2.24, 2.45) is 0 Å². The van der Waals surface area contributed by atoms with Crippen molar-refractivity contribution >= 4 is 17.4 Å². The van der Waals surface area contributed by atoms with Crippen LogP contribution in [0, 0.1) is 5.82 Å². The number of methoxy groups -OCH3 is 1. The Morgan fingerprint density at radius 2 is 1.78 bits per heavy atom. The highest BCUT2D eigenvalue weighted by Gasteiger charge is 2.18. The molecule has 0 radical (unpaired) electrons. The van der Waals surface area contributed by atoms with Gasteiger partial charge >= 0.3 is 0 Å². The third kappa shape index (κ3) is 2.22. The van der Waals surface area contributed by atoms with Gasteiger partial charge in [-0.1, -0.05) is 29.8 Å². The van der Waals surface area contributed by atoms with Gasteiger partial charge in [0, 0.05) is 5.56 Å². The number of benzene rings is 2. The maximum Gasteiger partial charge on any atom is 0.198 e. The van der Waals surface area contributed by atoms with E-state index < -0.39 is 5.82 Å². The zero-order valence-corrected chi connectivity index (χ0v) is 10.4. The summed E-state index contributed by atoms with van der Waals surface area (Å²) in [5.74, 6) is -0.544. The van der Waals surface area contributed by atoms with Crippen LogP contribution in [0.1, 0.15) is 15.9 Å². The topological polar surface area (TPSA) is 26.3 Å². The first-order valence-corrected chi connectivity index (χ1v) is 5.64. The molecule has 2 aromatic rings. The van der Waals surface area contributed by atoms with Gasteiger partial charge in [-0.2, -0.15) is 0 Å². The van der Waals surface area contributed by atoms with Gasteiger partial charge in [0.15, 0.2) is 5.78 Å². The highest BCUT2D eigenvalue weighted by Crippen LogP contribution is 2.26. The average molecular weight is 265 g/mol. The molecule has 2 aromatic carbocycles. The second-order valence-electron chi connectivity index (χ2n) is 3.63. The largest absolute Gasteiger partial charge is 0.496 e. The molecule has 0 unspecified atom stereocenters. The molecule has 0 spiro atoms. The van der Waals surface area contributed by atoms with E-state index >= 15 is 0 Å². The monoisotopic (exact) mass is 264 g/mol. The van der Waals surface area contributed by atoms with Crippen molar-refractivity contribution in [3.63, 3.8) is 0 Å². The lowest BCUT2D eigenvalue weighted by molar-refractivity contribution is 0.103. The SMILES string of the molecule is COc1ccccc1C(=O)c1cccc(F)c1Cl. The summed E-state index contributed by atoms with van der Waals surface area (Å²) < 4.78 is 18.4. The summed E-state index contributed by atoms with van der Waals surface area (Å²) in [5.41, 5.74) is 0.480. The van der Waals surface area contributed by atoms with Gasteiger partial charge in [-0.25, -0.2) is 4.39 Å². The molecule has 0 aromatic heterocycles. The van der Waals surface area contributed by atoms with Crippen LogP contribution in [0.5, 0.6) is 5.75 Å². The van der Waals surface area contributed by atoms with Crippen molar-refractivity contribution < 1.29 is 13.9 Å². The number of hydrogen-bond acceptors (Lipinski definition) is 2. The smallest absolute Gasteiger partial charge is 0.198 e. The molecule has 92 valence electrons. The van der Waals surface area contributed by atoms with E-state index in [0.717, 1.165) is 0 Å². The van der Waals surface area contributed by atoms with Gasteiger partial charge in [0.2, 0.25) is 0 Å². The zero-order valence-electron chi connectivity index (χ0n) is 9.61. The van der Waals surface area contributed by atoms with E-state index in [1.54, 1.807) is 24.3 Å². The molecule has 0 aliphatic rings. The number of rotatable bonds is 3. The van der Waals surface area contributed by atoms with Crippen LogP contribution in [0.25, 0.3) is 0 Å². The third-order valence-electron chi connectivity index (χ3n) is 2.55. The lowest BCUT2D eigenvalue weighted by atomic mass is 10.0. The molecule has 0 N–H and O–H groups in total. The summed E-state index contributed by atoms with van der Waals surface area (Å²) in [4.78, 5) is 12.3. The lowest BCUT2D eigenvalue weighted by Crippen LogP contribution is -2.05. The molecule has 4 heteroatoms. The van der Waals surface area contributed by atoms with Gasteiger partial charge in [0.1, 0.15) is 11.6 Å². The van der Waals surface area contributed by atoms with Crippen LogP contribution < -0.4 is 4.74 Å². The molecule has 0 bridgehead atoms. The molecule has 0 fully saturated rings. The molecule has 18 heavy (non-hydrogen) atoms. The third-order valence-corrected chi connectivity index (χ3v) is 2.93. The Bertz CT molecular complexity index is 596. The second kappa shape index (κ2) is 5.19. The fraction of sp³-hybridized carbons (Fsp3) is 0.0714. The minimum Gasteiger partial charge on any atom is -0.496 e. The van der Waals surface area contributed by atoms with E-state index in [1.807, 2.05) is 0 Å². The van der Waals surface area contributed by atoms with Gasteiger partial charge in [-0.15, -0.1) is 0 Å². The molecular formula is C14H10ClFO2. The fourth-order valence-corrected chi connectivity index (χ4v) is 1.87. The summed E-state index contributed by atoms with van der Waals surface area (Å²) >= 11 is 5.80. The molecule has 0 saturated carbocycles. The number of para-hydroxylation sites is 1. The molecule has 2 rings (SSSR count). The quantitative estimate of drug-likeness (QED) is 0.790. The standard InChI is InChI=1S/C14H10ClFO2/c1-18-12-8-3-2-5-9(12)14(17)10-6-4-7-11(16)13(10)15/h2-8H,1H3. The molecule has 0 amide bonds. The summed E-state index contributed by atoms with van der Waals surface area (Å²) in [6.07, 6.45) is 0. The first kappa shape index (κ1) is 12.6. The highest BCUT2D eigenvalue weighted by molar-refractivity contribution is 6.35. The van der Waals surface area contributed by atoms with E-state index in [0.29, 0.717) is 11.3 Å². The second-order valence-corrected chi connectivity index (χ2v) is 4.01. The van der Waals surface area contributed by atoms with Gasteiger partial charge < -0.3 is 4.74 Å². The fourth-order valence-electron chi connectivity index (χ4n) is 1.66. The van der Waals surface area contributed by atoms with Crippen LogP contribution in [0.3, 0.4) is 0 Å². The predicted molar refractivity (Wildman–Crippen MR) is 67.8 cm³/mol. The van der Waals surface area contributed by atoms with E-state index in [1.165, 1.54) is 25.3 Å². The van der Waals surface area contributed by atoms with Crippen molar-refractivity contribution in [3.05, 3.63) is 64.4 Å². The number of halogens is 2. The van der Waals surface area contributed by atoms with Crippen LogP contribution in [0.2, 0.25) is 5.02 Å². The molecule has 0 heterocycles. The average Bonchev–Trinajstić information content (AvgIpc) is 2.41. The molecule has 0 saturated heterocycles. The number of ketones is 1. The van der Waals surface area contributed by atoms with Gasteiger partial charge in [0.05, 0.1) is 17.7 Å². The van der Waals surface area contributed by atoms with Crippen LogP contribution in [-0.2, 0) is 0 Å². The summed E-state index contributed by atoms with van der Waals surface area (Å²) in [5, 5.41) is -0.173. The number of hydrogen-bond donors (Lipinski definition) is 0. The number of ether oxygens (including phenoxy) is 1. The van der Waals surface area contributed by atoms with Crippen molar-refractivity contribution in [3.8, 4) is 5.75 Å². The van der Waals surface area contributed by atoms with Crippen molar-refractivity contribution in [2.45, 2.75) is 0 Å². The lowest BCUT2D eigenvalue weighted by Gasteiger charge is -2.08. The van der Waals surface area contributed by atoms with Gasteiger partial charge in [-0.3, -0.25) is 4.79 Å². The molecule has 0 aliphatic carbocycles. The van der Waals surface area contributed by atoms with Crippen molar-refractivity contribution in [1.29, 1.82) is 0 Å². The molecule has 0 aliphatic heterocycles. The maximum absolute atomic E-state index is 13.3. The minimum absolute atomic E-state index is 0.126. The number of carbonyl (C=O) groups excluding carboxylic acids is 1. The van der Waals surface area contributed by atoms with Crippen LogP contribution in [0.15, 0.2) is 42.5 Å². The Hall–Kier alpha value is -1.87. The van der Waals surface area contributed by atoms with E-state index in [-0.39, 0.29) is 16.4 Å². The van der Waals surface area contributed by atoms with E-state index in [4.69, 9.17) is 16.3 Å². The summed E-state index contributed by atoms with van der Waals surface area (Å²) in [6.45, 7) is 0. The zero-order chi connectivity index (χ0) is 13.1. The Morgan fingerprint density at radius 1 is 1.11 bits per heavy atom. The Morgan fingerprint density at radius 3 is 2.50 bits per heavy atom. The van der Waals surface area contributed by atoms with E-state index in [2.05, 4.69) is 0 Å². The van der Waals surface area contributed by atoms with Crippen molar-refractivity contribution in [1.82, 2.24) is 0 Å². The maximum atomic E-state index is 13.3. The highest BCUT2D eigenvalue weighted by atomic mass is 35.5. The van der Waals surface area contributed by atoms with Crippen LogP contribution in [0.4, 0.5) is 4.39 Å². The van der Waals surface area contributed by atoms with Crippen LogP contribution in [-0.4, -0.2) is 12.9 Å². The van der Waals surface area contributed by atoms with E-state index in [9.17, 15) is 9.18 Å². The normalized spacial score (nSPS) is 10.2.